The Hall–Kier alpha value is -1.35. The zero-order valence-corrected chi connectivity index (χ0v) is 11.5. The third-order valence-electron chi connectivity index (χ3n) is 2.73. The van der Waals surface area contributed by atoms with E-state index in [0.717, 1.165) is 12.8 Å². The highest BCUT2D eigenvalue weighted by atomic mass is 35.5. The molecule has 18 heavy (non-hydrogen) atoms. The predicted molar refractivity (Wildman–Crippen MR) is 72.9 cm³/mol. The van der Waals surface area contributed by atoms with Crippen LogP contribution < -0.4 is 0 Å². The number of rotatable bonds is 6. The maximum absolute atomic E-state index is 12.0. The maximum Gasteiger partial charge on any atom is 0.219 e. The van der Waals surface area contributed by atoms with Crippen LogP contribution >= 0.6 is 11.6 Å². The number of Topliss-reactive ketones (excluding diaryl/α,β-unsaturated/α-hetero) is 1. The van der Waals surface area contributed by atoms with Crippen LogP contribution in [0, 0.1) is 0 Å². The molecule has 0 saturated carbocycles. The number of hydrogen-bond donors (Lipinski definition) is 0. The quantitative estimate of drug-likeness (QED) is 0.743. The van der Waals surface area contributed by atoms with Crippen molar-refractivity contribution in [1.29, 1.82) is 0 Å². The van der Waals surface area contributed by atoms with Gasteiger partial charge in [0.15, 0.2) is 5.78 Å². The zero-order valence-electron chi connectivity index (χ0n) is 10.8. The summed E-state index contributed by atoms with van der Waals surface area (Å²) in [6, 6.07) is 6.73. The fraction of sp³-hybridized carbons (Fsp3) is 0.429. The van der Waals surface area contributed by atoms with Crippen LogP contribution in [0.3, 0.4) is 0 Å². The van der Waals surface area contributed by atoms with Crippen molar-refractivity contribution < 1.29 is 9.59 Å². The molecule has 1 aromatic carbocycles. The number of carbonyl (C=O) groups excluding carboxylic acids is 2. The van der Waals surface area contributed by atoms with E-state index in [1.807, 2.05) is 0 Å². The van der Waals surface area contributed by atoms with E-state index < -0.39 is 0 Å². The van der Waals surface area contributed by atoms with Crippen molar-refractivity contribution in [2.24, 2.45) is 0 Å². The molecular formula is C14H18ClNO2. The standard InChI is InChI=1S/C14H18ClNO2/c1-3-4-9-16(11(2)17)10-14(18)12-5-7-13(15)8-6-12/h5-8H,3-4,9-10H2,1-2H3. The lowest BCUT2D eigenvalue weighted by molar-refractivity contribution is -0.128. The highest BCUT2D eigenvalue weighted by Gasteiger charge is 2.14. The molecule has 3 nitrogen and oxygen atoms in total. The average molecular weight is 268 g/mol. The first-order chi connectivity index (χ1) is 8.54. The summed E-state index contributed by atoms with van der Waals surface area (Å²) >= 11 is 5.77. The van der Waals surface area contributed by atoms with Gasteiger partial charge in [0, 0.05) is 24.1 Å². The van der Waals surface area contributed by atoms with Gasteiger partial charge >= 0.3 is 0 Å². The summed E-state index contributed by atoms with van der Waals surface area (Å²) in [4.78, 5) is 25.0. The molecule has 1 amide bonds. The highest BCUT2D eigenvalue weighted by molar-refractivity contribution is 6.30. The molecule has 0 aromatic heterocycles. The van der Waals surface area contributed by atoms with Gasteiger partial charge in [-0.25, -0.2) is 0 Å². The number of halogens is 1. The Morgan fingerprint density at radius 2 is 1.83 bits per heavy atom. The number of carbonyl (C=O) groups is 2. The van der Waals surface area contributed by atoms with Gasteiger partial charge in [0.2, 0.25) is 5.91 Å². The molecule has 0 atom stereocenters. The van der Waals surface area contributed by atoms with Crippen LogP contribution in [0.15, 0.2) is 24.3 Å². The molecule has 0 saturated heterocycles. The van der Waals surface area contributed by atoms with E-state index in [9.17, 15) is 9.59 Å². The summed E-state index contributed by atoms with van der Waals surface area (Å²) in [5, 5.41) is 0.598. The summed E-state index contributed by atoms with van der Waals surface area (Å²) in [6.45, 7) is 4.31. The second-order valence-electron chi connectivity index (χ2n) is 4.22. The first kappa shape index (κ1) is 14.7. The molecule has 0 aliphatic heterocycles. The third kappa shape index (κ3) is 4.49. The lowest BCUT2D eigenvalue weighted by atomic mass is 10.1. The van der Waals surface area contributed by atoms with Gasteiger partial charge in [-0.2, -0.15) is 0 Å². The van der Waals surface area contributed by atoms with Crippen molar-refractivity contribution in [3.05, 3.63) is 34.9 Å². The summed E-state index contributed by atoms with van der Waals surface area (Å²) in [5.41, 5.74) is 0.585. The van der Waals surface area contributed by atoms with Crippen LogP contribution in [0.1, 0.15) is 37.0 Å². The minimum Gasteiger partial charge on any atom is -0.335 e. The van der Waals surface area contributed by atoms with Gasteiger partial charge in [-0.15, -0.1) is 0 Å². The van der Waals surface area contributed by atoms with Crippen molar-refractivity contribution in [3.8, 4) is 0 Å². The SMILES string of the molecule is CCCCN(CC(=O)c1ccc(Cl)cc1)C(C)=O. The van der Waals surface area contributed by atoms with Gasteiger partial charge in [0.1, 0.15) is 0 Å². The van der Waals surface area contributed by atoms with Crippen molar-refractivity contribution in [1.82, 2.24) is 4.90 Å². The molecule has 0 aliphatic carbocycles. The Morgan fingerprint density at radius 1 is 1.22 bits per heavy atom. The maximum atomic E-state index is 12.0. The van der Waals surface area contributed by atoms with Crippen molar-refractivity contribution in [2.45, 2.75) is 26.7 Å². The Kier molecular flexibility index (Phi) is 5.86. The predicted octanol–water partition coefficient (Wildman–Crippen LogP) is 3.17. The van der Waals surface area contributed by atoms with E-state index in [0.29, 0.717) is 17.1 Å². The summed E-state index contributed by atoms with van der Waals surface area (Å²) in [6.07, 6.45) is 1.91. The number of ketones is 1. The van der Waals surface area contributed by atoms with Gasteiger partial charge in [0.05, 0.1) is 6.54 Å². The fourth-order valence-electron chi connectivity index (χ4n) is 1.60. The second kappa shape index (κ2) is 7.17. The Bertz CT molecular complexity index is 414. The number of benzene rings is 1. The van der Waals surface area contributed by atoms with Crippen molar-refractivity contribution >= 4 is 23.3 Å². The molecule has 0 N–H and O–H groups in total. The number of amides is 1. The van der Waals surface area contributed by atoms with E-state index in [1.165, 1.54) is 6.92 Å². The molecule has 0 unspecified atom stereocenters. The minimum atomic E-state index is -0.0641. The summed E-state index contributed by atoms with van der Waals surface area (Å²) < 4.78 is 0. The number of nitrogens with zero attached hydrogens (tertiary/aromatic N) is 1. The molecule has 1 rings (SSSR count). The van der Waals surface area contributed by atoms with Crippen molar-refractivity contribution in [2.75, 3.05) is 13.1 Å². The van der Waals surface area contributed by atoms with E-state index >= 15 is 0 Å². The Morgan fingerprint density at radius 3 is 2.33 bits per heavy atom. The van der Waals surface area contributed by atoms with Gasteiger partial charge < -0.3 is 4.90 Å². The van der Waals surface area contributed by atoms with Crippen molar-refractivity contribution in [3.63, 3.8) is 0 Å². The topological polar surface area (TPSA) is 37.4 Å². The Balaban J connectivity index is 2.66. The zero-order chi connectivity index (χ0) is 13.5. The fourth-order valence-corrected chi connectivity index (χ4v) is 1.72. The van der Waals surface area contributed by atoms with Gasteiger partial charge in [-0.1, -0.05) is 24.9 Å². The monoisotopic (exact) mass is 267 g/mol. The van der Waals surface area contributed by atoms with Crippen LogP contribution in [-0.4, -0.2) is 29.7 Å². The van der Waals surface area contributed by atoms with Crippen LogP contribution in [0.2, 0.25) is 5.02 Å². The van der Waals surface area contributed by atoms with Crippen LogP contribution in [0.4, 0.5) is 0 Å². The normalized spacial score (nSPS) is 10.2. The summed E-state index contributed by atoms with van der Waals surface area (Å²) in [5.74, 6) is -0.122. The molecule has 1 aromatic rings. The molecule has 0 radical (unpaired) electrons. The molecular weight excluding hydrogens is 250 g/mol. The molecule has 0 fully saturated rings. The minimum absolute atomic E-state index is 0.0574. The largest absolute Gasteiger partial charge is 0.335 e. The lowest BCUT2D eigenvalue weighted by Gasteiger charge is -2.19. The molecule has 0 spiro atoms. The molecule has 0 aliphatic rings. The lowest BCUT2D eigenvalue weighted by Crippen LogP contribution is -2.34. The smallest absolute Gasteiger partial charge is 0.219 e. The van der Waals surface area contributed by atoms with E-state index in [4.69, 9.17) is 11.6 Å². The second-order valence-corrected chi connectivity index (χ2v) is 4.66. The Labute approximate surface area is 113 Å². The molecule has 4 heteroatoms. The first-order valence-electron chi connectivity index (χ1n) is 6.09. The van der Waals surface area contributed by atoms with E-state index in [1.54, 1.807) is 29.2 Å². The van der Waals surface area contributed by atoms with Gasteiger partial charge in [-0.3, -0.25) is 9.59 Å². The molecule has 0 heterocycles. The van der Waals surface area contributed by atoms with Crippen LogP contribution in [0.5, 0.6) is 0 Å². The van der Waals surface area contributed by atoms with Gasteiger partial charge in [-0.05, 0) is 30.7 Å². The molecule has 98 valence electrons. The first-order valence-corrected chi connectivity index (χ1v) is 6.46. The summed E-state index contributed by atoms with van der Waals surface area (Å²) in [7, 11) is 0. The highest BCUT2D eigenvalue weighted by Crippen LogP contribution is 2.10. The van der Waals surface area contributed by atoms with Gasteiger partial charge in [0.25, 0.3) is 0 Å². The average Bonchev–Trinajstić information content (AvgIpc) is 2.34. The van der Waals surface area contributed by atoms with E-state index in [-0.39, 0.29) is 18.2 Å². The number of unbranched alkanes of at least 4 members (excludes halogenated alkanes) is 1. The van der Waals surface area contributed by atoms with Crippen LogP contribution in [0.25, 0.3) is 0 Å². The third-order valence-corrected chi connectivity index (χ3v) is 2.98. The van der Waals surface area contributed by atoms with E-state index in [2.05, 4.69) is 6.92 Å². The van der Waals surface area contributed by atoms with Crippen LogP contribution in [-0.2, 0) is 4.79 Å². The molecule has 0 bridgehead atoms. The number of hydrogen-bond acceptors (Lipinski definition) is 2.